The average molecular weight is 631 g/mol. The molecule has 0 aromatic rings. The molecule has 17 heteroatoms. The third-order valence-electron chi connectivity index (χ3n) is 3.79. The van der Waals surface area contributed by atoms with Crippen LogP contribution in [-0.4, -0.2) is 164 Å². The van der Waals surface area contributed by atoms with Crippen molar-refractivity contribution in [1.29, 1.82) is 0 Å². The highest BCUT2D eigenvalue weighted by molar-refractivity contribution is 5.91. The summed E-state index contributed by atoms with van der Waals surface area (Å²) in [5.74, 6) is -3.10. The molecule has 0 spiro atoms. The van der Waals surface area contributed by atoms with Crippen molar-refractivity contribution < 1.29 is 82.2 Å². The third-order valence-corrected chi connectivity index (χ3v) is 3.79. The maximum Gasteiger partial charge on any atom is 0.331 e. The van der Waals surface area contributed by atoms with Crippen LogP contribution in [0.2, 0.25) is 0 Å². The number of ether oxygens (including phenoxy) is 9. The smallest absolute Gasteiger partial charge is 0.331 e. The Morgan fingerprint density at radius 1 is 0.442 bits per heavy atom. The van der Waals surface area contributed by atoms with Crippen molar-refractivity contribution in [3.63, 3.8) is 0 Å². The van der Waals surface area contributed by atoms with Crippen LogP contribution in [0.1, 0.15) is 0 Å². The molecule has 0 fully saturated rings. The molecule has 0 saturated heterocycles. The topological polar surface area (TPSA) is 232 Å². The van der Waals surface area contributed by atoms with Gasteiger partial charge in [0, 0.05) is 24.3 Å². The van der Waals surface area contributed by atoms with Gasteiger partial charge in [0.05, 0.1) is 113 Å². The molecule has 0 heterocycles. The minimum absolute atomic E-state index is 0.00332. The number of carboxylic acid groups (broad SMARTS) is 1. The van der Waals surface area contributed by atoms with Crippen LogP contribution in [0.15, 0.2) is 24.3 Å². The van der Waals surface area contributed by atoms with Crippen LogP contribution in [0, 0.1) is 0 Å². The van der Waals surface area contributed by atoms with Gasteiger partial charge in [0.15, 0.2) is 0 Å². The van der Waals surface area contributed by atoms with Gasteiger partial charge in [0.2, 0.25) is 0 Å². The SMILES string of the molecule is COC(=O)/C=C/C(=O)O.COC(=O)/C=C/C(=O)OCCOCCOCCOCCO.OCCOCCOCCOCCO. The molecular formula is C26H46O17. The predicted octanol–water partition coefficient (Wildman–Crippen LogP) is -1.88. The molecule has 0 aromatic heterocycles. The van der Waals surface area contributed by atoms with E-state index < -0.39 is 23.9 Å². The third kappa shape index (κ3) is 46.2. The number of carbonyl (C=O) groups is 4. The Labute approximate surface area is 250 Å². The lowest BCUT2D eigenvalue weighted by Gasteiger charge is -2.06. The summed E-state index contributed by atoms with van der Waals surface area (Å²) in [5, 5.41) is 33.1. The van der Waals surface area contributed by atoms with Crippen LogP contribution in [0.25, 0.3) is 0 Å². The van der Waals surface area contributed by atoms with Crippen molar-refractivity contribution in [2.75, 3.05) is 120 Å². The van der Waals surface area contributed by atoms with Crippen LogP contribution < -0.4 is 0 Å². The van der Waals surface area contributed by atoms with Crippen molar-refractivity contribution >= 4 is 23.9 Å². The zero-order chi connectivity index (χ0) is 32.8. The lowest BCUT2D eigenvalue weighted by atomic mass is 10.5. The van der Waals surface area contributed by atoms with Crippen molar-refractivity contribution in [1.82, 2.24) is 0 Å². The average Bonchev–Trinajstić information content (AvgIpc) is 3.01. The summed E-state index contributed by atoms with van der Waals surface area (Å²) in [6.07, 6.45) is 3.52. The number of carbonyl (C=O) groups excluding carboxylic acids is 3. The van der Waals surface area contributed by atoms with E-state index in [-0.39, 0.29) is 33.0 Å². The van der Waals surface area contributed by atoms with Gasteiger partial charge < -0.3 is 63.1 Å². The molecule has 0 aliphatic heterocycles. The van der Waals surface area contributed by atoms with E-state index in [1.165, 1.54) is 14.2 Å². The Morgan fingerprint density at radius 3 is 1.02 bits per heavy atom. The maximum absolute atomic E-state index is 11.1. The number of hydrogen-bond acceptors (Lipinski definition) is 16. The fraction of sp³-hybridized carbons (Fsp3) is 0.692. The normalized spacial score (nSPS) is 10.4. The molecule has 252 valence electrons. The van der Waals surface area contributed by atoms with E-state index in [1.807, 2.05) is 0 Å². The van der Waals surface area contributed by atoms with Crippen molar-refractivity contribution in [3.8, 4) is 0 Å². The number of carboxylic acids is 1. The fourth-order valence-electron chi connectivity index (χ4n) is 1.94. The summed E-state index contributed by atoms with van der Waals surface area (Å²) in [5.41, 5.74) is 0. The van der Waals surface area contributed by atoms with E-state index >= 15 is 0 Å². The Morgan fingerprint density at radius 2 is 0.721 bits per heavy atom. The van der Waals surface area contributed by atoms with E-state index in [4.69, 9.17) is 53.6 Å². The first-order chi connectivity index (χ1) is 20.8. The summed E-state index contributed by atoms with van der Waals surface area (Å²) in [6, 6.07) is 0. The van der Waals surface area contributed by atoms with Crippen molar-refractivity contribution in [3.05, 3.63) is 24.3 Å². The Balaban J connectivity index is -0.000000618. The number of rotatable bonds is 25. The number of esters is 3. The van der Waals surface area contributed by atoms with Gasteiger partial charge in [0.25, 0.3) is 0 Å². The van der Waals surface area contributed by atoms with Gasteiger partial charge in [-0.25, -0.2) is 19.2 Å². The molecule has 0 aliphatic carbocycles. The monoisotopic (exact) mass is 630 g/mol. The zero-order valence-corrected chi connectivity index (χ0v) is 24.7. The Kier molecular flexibility index (Phi) is 40.3. The van der Waals surface area contributed by atoms with Gasteiger partial charge in [-0.1, -0.05) is 0 Å². The molecule has 17 nitrogen and oxygen atoms in total. The minimum atomic E-state index is -1.17. The first-order valence-electron chi connectivity index (χ1n) is 13.0. The highest BCUT2D eigenvalue weighted by Crippen LogP contribution is 1.86. The highest BCUT2D eigenvalue weighted by atomic mass is 16.6. The molecule has 0 aliphatic rings. The summed E-state index contributed by atoms with van der Waals surface area (Å²) in [7, 11) is 2.39. The van der Waals surface area contributed by atoms with E-state index in [0.717, 1.165) is 18.2 Å². The van der Waals surface area contributed by atoms with Gasteiger partial charge in [0.1, 0.15) is 6.61 Å². The lowest BCUT2D eigenvalue weighted by Crippen LogP contribution is -2.13. The molecule has 0 atom stereocenters. The van der Waals surface area contributed by atoms with E-state index in [9.17, 15) is 19.2 Å². The van der Waals surface area contributed by atoms with Crippen LogP contribution >= 0.6 is 0 Å². The predicted molar refractivity (Wildman–Crippen MR) is 147 cm³/mol. The van der Waals surface area contributed by atoms with Crippen LogP contribution in [0.3, 0.4) is 0 Å². The fourth-order valence-corrected chi connectivity index (χ4v) is 1.94. The molecule has 0 unspecified atom stereocenters. The van der Waals surface area contributed by atoms with E-state index in [2.05, 4.69) is 9.47 Å². The first kappa shape index (κ1) is 44.4. The standard InChI is InChI=1S/C13H22O8.C8H18O5.C5H6O4/c1-17-12(15)2-3-13(16)21-11-10-20-9-8-19-7-6-18-5-4-14;9-1-3-11-5-7-13-8-6-12-4-2-10;1-9-5(8)3-2-4(6)7/h2-3,14H,4-11H2,1H3;9-10H,1-8H2;2-3H,1H3,(H,6,7)/b3-2+;;3-2+. The van der Waals surface area contributed by atoms with Crippen molar-refractivity contribution in [2.45, 2.75) is 0 Å². The molecule has 0 rings (SSSR count). The number of aliphatic hydroxyl groups excluding tert-OH is 3. The number of aliphatic carboxylic acids is 1. The lowest BCUT2D eigenvalue weighted by molar-refractivity contribution is -0.140. The molecule has 0 radical (unpaired) electrons. The molecule has 43 heavy (non-hydrogen) atoms. The highest BCUT2D eigenvalue weighted by Gasteiger charge is 1.99. The van der Waals surface area contributed by atoms with Crippen LogP contribution in [0.4, 0.5) is 0 Å². The van der Waals surface area contributed by atoms with Gasteiger partial charge in [-0.2, -0.15) is 0 Å². The minimum Gasteiger partial charge on any atom is -0.478 e. The summed E-state index contributed by atoms with van der Waals surface area (Å²) >= 11 is 0. The second kappa shape index (κ2) is 39.0. The molecule has 4 N–H and O–H groups in total. The van der Waals surface area contributed by atoms with Gasteiger partial charge in [-0.15, -0.1) is 0 Å². The molecular weight excluding hydrogens is 584 g/mol. The summed E-state index contributed by atoms with van der Waals surface area (Å²) < 4.78 is 43.6. The largest absolute Gasteiger partial charge is 0.478 e. The van der Waals surface area contributed by atoms with Crippen LogP contribution in [0.5, 0.6) is 0 Å². The van der Waals surface area contributed by atoms with E-state index in [1.54, 1.807) is 0 Å². The second-order valence-corrected chi connectivity index (χ2v) is 7.06. The van der Waals surface area contributed by atoms with E-state index in [0.29, 0.717) is 78.8 Å². The molecule has 0 aromatic carbocycles. The van der Waals surface area contributed by atoms with Gasteiger partial charge in [-0.3, -0.25) is 0 Å². The first-order valence-corrected chi connectivity index (χ1v) is 13.0. The van der Waals surface area contributed by atoms with Gasteiger partial charge >= 0.3 is 23.9 Å². The summed E-state index contributed by atoms with van der Waals surface area (Å²) in [4.78, 5) is 41.7. The molecule has 0 bridgehead atoms. The second-order valence-electron chi connectivity index (χ2n) is 7.06. The van der Waals surface area contributed by atoms with Crippen molar-refractivity contribution in [2.24, 2.45) is 0 Å². The Hall–Kier alpha value is -3.00. The quantitative estimate of drug-likeness (QED) is 0.0374. The number of methoxy groups -OCH3 is 2. The zero-order valence-electron chi connectivity index (χ0n) is 24.7. The number of hydrogen-bond donors (Lipinski definition) is 4. The summed E-state index contributed by atoms with van der Waals surface area (Å²) in [6.45, 7) is 5.01. The van der Waals surface area contributed by atoms with Crippen LogP contribution in [-0.2, 0) is 61.8 Å². The number of aliphatic hydroxyl groups is 3. The molecule has 0 amide bonds. The van der Waals surface area contributed by atoms with Gasteiger partial charge in [-0.05, 0) is 0 Å². The Bertz CT molecular complexity index is 702. The molecule has 0 saturated carbocycles. The maximum atomic E-state index is 11.1.